The van der Waals surface area contributed by atoms with E-state index in [4.69, 9.17) is 18.9 Å². The first-order valence-electron chi connectivity index (χ1n) is 16.6. The molecule has 0 aromatic heterocycles. The average molecular weight is 695 g/mol. The molecule has 0 heterocycles. The summed E-state index contributed by atoms with van der Waals surface area (Å²) < 4.78 is 23.9. The van der Waals surface area contributed by atoms with Crippen molar-refractivity contribution < 1.29 is 58.6 Å². The predicted molar refractivity (Wildman–Crippen MR) is 177 cm³/mol. The fourth-order valence-corrected chi connectivity index (χ4v) is 9.25. The van der Waals surface area contributed by atoms with Crippen molar-refractivity contribution >= 4 is 23.9 Å². The van der Waals surface area contributed by atoms with Gasteiger partial charge in [-0.3, -0.25) is 9.59 Å². The maximum Gasteiger partial charge on any atom is 0.338 e. The predicted octanol–water partition coefficient (Wildman–Crippen LogP) is 3.00. The Balaban J connectivity index is 1.82. The third kappa shape index (κ3) is 5.81. The van der Waals surface area contributed by atoms with Gasteiger partial charge in [-0.25, -0.2) is 9.59 Å². The van der Waals surface area contributed by atoms with Crippen molar-refractivity contribution in [2.75, 3.05) is 0 Å². The van der Waals surface area contributed by atoms with Crippen molar-refractivity contribution in [3.63, 3.8) is 0 Å². The highest BCUT2D eigenvalue weighted by molar-refractivity contribution is 5.90. The SMILES string of the molecule is C=CC1C(OC(=O)c2ccccc2)C2C3(C)C(OC(=O)c4ccccc4)C(OC(C)=O)C(O)C(C)(C)C3CC(OC(C)=O)C2(O)C(O)C1(C)O. The number of carbonyl (C=O) groups is 4. The fraction of sp³-hybridized carbons (Fsp3) is 0.526. The lowest BCUT2D eigenvalue weighted by atomic mass is 9.38. The van der Waals surface area contributed by atoms with Gasteiger partial charge >= 0.3 is 23.9 Å². The third-order valence-electron chi connectivity index (χ3n) is 11.5. The minimum Gasteiger partial charge on any atom is -0.459 e. The molecular weight excluding hydrogens is 648 g/mol. The average Bonchev–Trinajstić information content (AvgIpc) is 3.06. The Morgan fingerprint density at radius 3 is 1.74 bits per heavy atom. The van der Waals surface area contributed by atoms with Crippen molar-refractivity contribution in [2.24, 2.45) is 28.6 Å². The van der Waals surface area contributed by atoms with Crippen LogP contribution >= 0.6 is 0 Å². The van der Waals surface area contributed by atoms with E-state index in [1.54, 1.807) is 57.2 Å². The van der Waals surface area contributed by atoms with Gasteiger partial charge in [0.15, 0.2) is 6.10 Å². The largest absolute Gasteiger partial charge is 0.459 e. The van der Waals surface area contributed by atoms with E-state index in [-0.39, 0.29) is 17.5 Å². The normalized spacial score (nSPS) is 38.7. The quantitative estimate of drug-likeness (QED) is 0.189. The lowest BCUT2D eigenvalue weighted by molar-refractivity contribution is -0.363. The van der Waals surface area contributed by atoms with Gasteiger partial charge in [-0.1, -0.05) is 63.2 Å². The van der Waals surface area contributed by atoms with E-state index < -0.39 is 100 Å². The molecule has 270 valence electrons. The second-order valence-electron chi connectivity index (χ2n) is 14.8. The number of carbonyl (C=O) groups excluding carboxylic acids is 4. The maximum atomic E-state index is 13.8. The second kappa shape index (κ2) is 13.2. The fourth-order valence-electron chi connectivity index (χ4n) is 9.25. The maximum absolute atomic E-state index is 13.8. The highest BCUT2D eigenvalue weighted by Gasteiger charge is 2.79. The van der Waals surface area contributed by atoms with Gasteiger partial charge in [0.1, 0.15) is 41.7 Å². The molecule has 3 aliphatic carbocycles. The van der Waals surface area contributed by atoms with Gasteiger partial charge < -0.3 is 39.4 Å². The summed E-state index contributed by atoms with van der Waals surface area (Å²) in [6.45, 7) is 12.4. The molecule has 4 N–H and O–H groups in total. The summed E-state index contributed by atoms with van der Waals surface area (Å²) in [6, 6.07) is 16.0. The Hall–Kier alpha value is -4.10. The molecule has 50 heavy (non-hydrogen) atoms. The van der Waals surface area contributed by atoms with E-state index in [9.17, 15) is 39.6 Å². The summed E-state index contributed by atoms with van der Waals surface area (Å²) in [5.41, 5.74) is -7.36. The third-order valence-corrected chi connectivity index (χ3v) is 11.5. The minimum absolute atomic E-state index is 0.139. The Morgan fingerprint density at radius 1 is 0.760 bits per heavy atom. The number of hydrogen-bond donors (Lipinski definition) is 4. The van der Waals surface area contributed by atoms with E-state index in [1.807, 2.05) is 0 Å². The molecule has 0 amide bonds. The van der Waals surface area contributed by atoms with Crippen LogP contribution < -0.4 is 0 Å². The molecule has 3 aliphatic rings. The summed E-state index contributed by atoms with van der Waals surface area (Å²) in [6.07, 6.45) is -8.50. The molecule has 0 radical (unpaired) electrons. The molecular formula is C38H46O12. The Morgan fingerprint density at radius 2 is 1.26 bits per heavy atom. The first-order valence-corrected chi connectivity index (χ1v) is 16.6. The Labute approximate surface area is 291 Å². The van der Waals surface area contributed by atoms with E-state index in [2.05, 4.69) is 6.58 Å². The zero-order valence-electron chi connectivity index (χ0n) is 29.0. The van der Waals surface area contributed by atoms with Crippen LogP contribution in [0.4, 0.5) is 0 Å². The number of aliphatic hydroxyl groups is 4. The molecule has 5 rings (SSSR count). The van der Waals surface area contributed by atoms with Crippen LogP contribution in [-0.2, 0) is 28.5 Å². The zero-order valence-corrected chi connectivity index (χ0v) is 29.0. The van der Waals surface area contributed by atoms with Crippen LogP contribution in [0.3, 0.4) is 0 Å². The number of ether oxygens (including phenoxy) is 4. The van der Waals surface area contributed by atoms with Gasteiger partial charge in [-0.05, 0) is 48.9 Å². The van der Waals surface area contributed by atoms with Gasteiger partial charge in [0.25, 0.3) is 0 Å². The molecule has 3 fully saturated rings. The summed E-state index contributed by atoms with van der Waals surface area (Å²) in [4.78, 5) is 52.9. The van der Waals surface area contributed by atoms with Gasteiger partial charge in [-0.2, -0.15) is 0 Å². The molecule has 3 saturated carbocycles. The van der Waals surface area contributed by atoms with Gasteiger partial charge in [0.2, 0.25) is 0 Å². The number of benzene rings is 2. The minimum atomic E-state index is -2.57. The number of hydrogen-bond acceptors (Lipinski definition) is 12. The van der Waals surface area contributed by atoms with E-state index in [0.29, 0.717) is 0 Å². The van der Waals surface area contributed by atoms with Crippen molar-refractivity contribution in [3.05, 3.63) is 84.4 Å². The summed E-state index contributed by atoms with van der Waals surface area (Å²) in [7, 11) is 0. The van der Waals surface area contributed by atoms with Crippen molar-refractivity contribution in [3.8, 4) is 0 Å². The Bertz CT molecular complexity index is 1620. The molecule has 12 atom stereocenters. The van der Waals surface area contributed by atoms with Crippen LogP contribution in [0.25, 0.3) is 0 Å². The molecule has 0 bridgehead atoms. The number of esters is 4. The lowest BCUT2D eigenvalue weighted by Crippen LogP contribution is -2.84. The van der Waals surface area contributed by atoms with Crippen LogP contribution in [0.1, 0.15) is 68.7 Å². The standard InChI is InChI=1S/C38H46O12/c1-8-24-27(49-32(42)22-15-11-9-12-16-22)29-36(6)25(19-26(47-20(2)39)38(29,46)34(44)37(24,7)45)35(4,5)30(41)28(48-21(3)40)31(36)50-33(43)23-17-13-10-14-18-23/h8-18,24-31,34,41,44-46H,1,19H2,2-7H3. The number of fused-ring (bicyclic) bond motifs is 3. The van der Waals surface area contributed by atoms with Crippen LogP contribution in [0.15, 0.2) is 73.3 Å². The monoisotopic (exact) mass is 694 g/mol. The topological polar surface area (TPSA) is 186 Å². The lowest BCUT2D eigenvalue weighted by Gasteiger charge is -2.71. The molecule has 12 nitrogen and oxygen atoms in total. The smallest absolute Gasteiger partial charge is 0.338 e. The van der Waals surface area contributed by atoms with E-state index in [1.165, 1.54) is 37.3 Å². The number of rotatable bonds is 7. The van der Waals surface area contributed by atoms with Crippen molar-refractivity contribution in [1.82, 2.24) is 0 Å². The summed E-state index contributed by atoms with van der Waals surface area (Å²) in [5, 5.41) is 49.0. The molecule has 0 saturated heterocycles. The van der Waals surface area contributed by atoms with E-state index >= 15 is 0 Å². The van der Waals surface area contributed by atoms with Gasteiger partial charge in [-0.15, -0.1) is 6.58 Å². The van der Waals surface area contributed by atoms with Crippen LogP contribution in [-0.4, -0.2) is 92.1 Å². The van der Waals surface area contributed by atoms with Gasteiger partial charge in [0.05, 0.1) is 11.1 Å². The van der Waals surface area contributed by atoms with Crippen LogP contribution in [0.5, 0.6) is 0 Å². The second-order valence-corrected chi connectivity index (χ2v) is 14.8. The van der Waals surface area contributed by atoms with Crippen molar-refractivity contribution in [2.45, 2.75) is 95.8 Å². The summed E-state index contributed by atoms with van der Waals surface area (Å²) in [5.74, 6) is -6.87. The highest BCUT2D eigenvalue weighted by Crippen LogP contribution is 2.68. The highest BCUT2D eigenvalue weighted by atomic mass is 16.6. The van der Waals surface area contributed by atoms with Gasteiger partial charge in [0, 0.05) is 31.1 Å². The van der Waals surface area contributed by atoms with Crippen molar-refractivity contribution in [1.29, 1.82) is 0 Å². The molecule has 12 unspecified atom stereocenters. The Kier molecular flexibility index (Phi) is 9.83. The molecule has 0 aliphatic heterocycles. The van der Waals surface area contributed by atoms with E-state index in [0.717, 1.165) is 13.8 Å². The summed E-state index contributed by atoms with van der Waals surface area (Å²) >= 11 is 0. The number of aliphatic hydroxyl groups excluding tert-OH is 2. The molecule has 12 heteroatoms. The van der Waals surface area contributed by atoms with Crippen LogP contribution in [0.2, 0.25) is 0 Å². The first kappa shape index (κ1) is 37.2. The molecule has 2 aromatic rings. The zero-order chi connectivity index (χ0) is 37.0. The van der Waals surface area contributed by atoms with Crippen LogP contribution in [0, 0.1) is 28.6 Å². The molecule has 0 spiro atoms. The molecule has 2 aromatic carbocycles. The first-order chi connectivity index (χ1) is 23.3.